The molecule has 1 aromatic carbocycles. The SMILES string of the molecule is CCCOc1cc(NC2CCCC2SC)cc([N+](=O)[O-])c1. The molecule has 116 valence electrons. The molecule has 0 heterocycles. The summed E-state index contributed by atoms with van der Waals surface area (Å²) in [4.78, 5) is 10.7. The number of rotatable bonds is 7. The second-order valence-electron chi connectivity index (χ2n) is 5.28. The highest BCUT2D eigenvalue weighted by atomic mass is 32.2. The fourth-order valence-corrected chi connectivity index (χ4v) is 3.60. The van der Waals surface area contributed by atoms with Gasteiger partial charge in [-0.3, -0.25) is 10.1 Å². The van der Waals surface area contributed by atoms with Crippen LogP contribution in [0, 0.1) is 10.1 Å². The Labute approximate surface area is 129 Å². The van der Waals surface area contributed by atoms with Crippen LogP contribution in [0.4, 0.5) is 11.4 Å². The minimum Gasteiger partial charge on any atom is -0.493 e. The monoisotopic (exact) mass is 310 g/mol. The van der Waals surface area contributed by atoms with E-state index in [1.54, 1.807) is 6.07 Å². The topological polar surface area (TPSA) is 64.4 Å². The molecule has 5 nitrogen and oxygen atoms in total. The van der Waals surface area contributed by atoms with Crippen molar-refractivity contribution in [2.75, 3.05) is 18.2 Å². The first kappa shape index (κ1) is 15.9. The number of nitrogens with zero attached hydrogens (tertiary/aromatic N) is 1. The van der Waals surface area contributed by atoms with Crippen molar-refractivity contribution in [1.82, 2.24) is 0 Å². The lowest BCUT2D eigenvalue weighted by Crippen LogP contribution is -2.25. The molecule has 21 heavy (non-hydrogen) atoms. The predicted octanol–water partition coefficient (Wildman–Crippen LogP) is 4.08. The van der Waals surface area contributed by atoms with E-state index in [2.05, 4.69) is 11.6 Å². The van der Waals surface area contributed by atoms with E-state index in [4.69, 9.17) is 4.74 Å². The lowest BCUT2D eigenvalue weighted by molar-refractivity contribution is -0.384. The number of nitro groups is 1. The quantitative estimate of drug-likeness (QED) is 0.607. The Kier molecular flexibility index (Phi) is 5.73. The van der Waals surface area contributed by atoms with Gasteiger partial charge in [0.2, 0.25) is 0 Å². The van der Waals surface area contributed by atoms with Gasteiger partial charge in [0.15, 0.2) is 0 Å². The summed E-state index contributed by atoms with van der Waals surface area (Å²) >= 11 is 1.86. The third-order valence-corrected chi connectivity index (χ3v) is 4.85. The van der Waals surface area contributed by atoms with Crippen LogP contribution >= 0.6 is 11.8 Å². The van der Waals surface area contributed by atoms with Gasteiger partial charge in [0, 0.05) is 29.1 Å². The van der Waals surface area contributed by atoms with Gasteiger partial charge < -0.3 is 10.1 Å². The van der Waals surface area contributed by atoms with E-state index in [-0.39, 0.29) is 10.6 Å². The largest absolute Gasteiger partial charge is 0.493 e. The second-order valence-corrected chi connectivity index (χ2v) is 6.35. The van der Waals surface area contributed by atoms with Crippen LogP contribution in [0.2, 0.25) is 0 Å². The summed E-state index contributed by atoms with van der Waals surface area (Å²) in [5, 5.41) is 15.1. The molecule has 2 unspecified atom stereocenters. The highest BCUT2D eigenvalue weighted by Crippen LogP contribution is 2.33. The first-order valence-electron chi connectivity index (χ1n) is 7.35. The second kappa shape index (κ2) is 7.54. The molecule has 1 fully saturated rings. The number of hydrogen-bond donors (Lipinski definition) is 1. The Morgan fingerprint density at radius 1 is 1.43 bits per heavy atom. The van der Waals surface area contributed by atoms with Gasteiger partial charge in [-0.05, 0) is 25.5 Å². The third-order valence-electron chi connectivity index (χ3n) is 3.68. The first-order chi connectivity index (χ1) is 10.1. The molecule has 1 saturated carbocycles. The number of hydrogen-bond acceptors (Lipinski definition) is 5. The zero-order valence-electron chi connectivity index (χ0n) is 12.5. The fraction of sp³-hybridized carbons (Fsp3) is 0.600. The third kappa shape index (κ3) is 4.27. The molecule has 0 saturated heterocycles. The molecule has 0 radical (unpaired) electrons. The van der Waals surface area contributed by atoms with Crippen molar-refractivity contribution < 1.29 is 9.66 Å². The minimum atomic E-state index is -0.370. The molecule has 0 amide bonds. The van der Waals surface area contributed by atoms with E-state index < -0.39 is 0 Å². The Bertz CT molecular complexity index is 496. The van der Waals surface area contributed by atoms with Gasteiger partial charge in [-0.1, -0.05) is 13.3 Å². The lowest BCUT2D eigenvalue weighted by Gasteiger charge is -2.20. The molecular formula is C15H22N2O3S. The Morgan fingerprint density at radius 3 is 2.90 bits per heavy atom. The van der Waals surface area contributed by atoms with Crippen molar-refractivity contribution in [2.45, 2.75) is 43.9 Å². The van der Waals surface area contributed by atoms with Crippen molar-refractivity contribution in [2.24, 2.45) is 0 Å². The van der Waals surface area contributed by atoms with E-state index in [9.17, 15) is 10.1 Å². The van der Waals surface area contributed by atoms with Gasteiger partial charge >= 0.3 is 0 Å². The van der Waals surface area contributed by atoms with Crippen LogP contribution in [0.3, 0.4) is 0 Å². The van der Waals surface area contributed by atoms with Crippen molar-refractivity contribution in [3.05, 3.63) is 28.3 Å². The molecule has 0 bridgehead atoms. The van der Waals surface area contributed by atoms with E-state index in [1.807, 2.05) is 24.8 Å². The standard InChI is InChI=1S/C15H22N2O3S/c1-3-7-20-13-9-11(8-12(10-13)17(18)19)16-14-5-4-6-15(14)21-2/h8-10,14-16H,3-7H2,1-2H3. The molecule has 1 aliphatic carbocycles. The van der Waals surface area contributed by atoms with E-state index in [0.29, 0.717) is 23.6 Å². The molecule has 0 aromatic heterocycles. The van der Waals surface area contributed by atoms with E-state index >= 15 is 0 Å². The molecule has 1 N–H and O–H groups in total. The Morgan fingerprint density at radius 2 is 2.24 bits per heavy atom. The molecular weight excluding hydrogens is 288 g/mol. The summed E-state index contributed by atoms with van der Waals surface area (Å²) in [7, 11) is 0. The summed E-state index contributed by atoms with van der Waals surface area (Å²) in [5.41, 5.74) is 0.853. The average molecular weight is 310 g/mol. The van der Waals surface area contributed by atoms with Gasteiger partial charge in [0.1, 0.15) is 5.75 Å². The molecule has 6 heteroatoms. The summed E-state index contributed by atoms with van der Waals surface area (Å²) in [6.45, 7) is 2.58. The number of benzene rings is 1. The number of anilines is 1. The summed E-state index contributed by atoms with van der Waals surface area (Å²) in [5.74, 6) is 0.562. The molecule has 0 spiro atoms. The van der Waals surface area contributed by atoms with Crippen LogP contribution in [0.1, 0.15) is 32.6 Å². The number of non-ortho nitro benzene ring substituents is 1. The first-order valence-corrected chi connectivity index (χ1v) is 8.64. The van der Waals surface area contributed by atoms with Gasteiger partial charge in [-0.25, -0.2) is 0 Å². The van der Waals surface area contributed by atoms with Gasteiger partial charge in [0.05, 0.1) is 17.6 Å². The lowest BCUT2D eigenvalue weighted by atomic mass is 10.2. The van der Waals surface area contributed by atoms with Crippen molar-refractivity contribution in [3.8, 4) is 5.75 Å². The molecule has 1 aromatic rings. The zero-order chi connectivity index (χ0) is 15.2. The van der Waals surface area contributed by atoms with Crippen LogP contribution in [0.25, 0.3) is 0 Å². The van der Waals surface area contributed by atoms with E-state index in [0.717, 1.165) is 18.5 Å². The normalized spacial score (nSPS) is 21.2. The van der Waals surface area contributed by atoms with Crippen molar-refractivity contribution >= 4 is 23.1 Å². The summed E-state index contributed by atoms with van der Waals surface area (Å²) in [6, 6.07) is 5.31. The number of ether oxygens (including phenoxy) is 1. The highest BCUT2D eigenvalue weighted by molar-refractivity contribution is 7.99. The molecule has 1 aliphatic rings. The van der Waals surface area contributed by atoms with Crippen LogP contribution in [0.5, 0.6) is 5.75 Å². The maximum absolute atomic E-state index is 11.1. The smallest absolute Gasteiger partial charge is 0.275 e. The van der Waals surface area contributed by atoms with Crippen LogP contribution in [-0.4, -0.2) is 29.1 Å². The molecule has 2 atom stereocenters. The zero-order valence-corrected chi connectivity index (χ0v) is 13.3. The number of nitrogens with one attached hydrogen (secondary N) is 1. The summed E-state index contributed by atoms with van der Waals surface area (Å²) in [6.07, 6.45) is 6.51. The summed E-state index contributed by atoms with van der Waals surface area (Å²) < 4.78 is 5.55. The van der Waals surface area contributed by atoms with Gasteiger partial charge in [-0.2, -0.15) is 11.8 Å². The van der Waals surface area contributed by atoms with Crippen LogP contribution in [0.15, 0.2) is 18.2 Å². The fourth-order valence-electron chi connectivity index (χ4n) is 2.66. The maximum Gasteiger partial charge on any atom is 0.275 e. The van der Waals surface area contributed by atoms with Crippen LogP contribution < -0.4 is 10.1 Å². The average Bonchev–Trinajstić information content (AvgIpc) is 2.92. The number of nitro benzene ring substituents is 1. The van der Waals surface area contributed by atoms with Gasteiger partial charge in [-0.15, -0.1) is 0 Å². The predicted molar refractivity (Wildman–Crippen MR) is 87.4 cm³/mol. The van der Waals surface area contributed by atoms with Gasteiger partial charge in [0.25, 0.3) is 5.69 Å². The van der Waals surface area contributed by atoms with Crippen molar-refractivity contribution in [3.63, 3.8) is 0 Å². The minimum absolute atomic E-state index is 0.0739. The molecule has 0 aliphatic heterocycles. The Hall–Kier alpha value is -1.43. The Balaban J connectivity index is 2.16. The number of thioether (sulfide) groups is 1. The maximum atomic E-state index is 11.1. The highest BCUT2D eigenvalue weighted by Gasteiger charge is 2.26. The molecule has 2 rings (SSSR count). The van der Waals surface area contributed by atoms with Crippen LogP contribution in [-0.2, 0) is 0 Å². The van der Waals surface area contributed by atoms with E-state index in [1.165, 1.54) is 18.9 Å². The van der Waals surface area contributed by atoms with Crippen molar-refractivity contribution in [1.29, 1.82) is 0 Å².